The van der Waals surface area contributed by atoms with Gasteiger partial charge in [-0.3, -0.25) is 9.48 Å². The van der Waals surface area contributed by atoms with Crippen LogP contribution in [0.5, 0.6) is 0 Å². The summed E-state index contributed by atoms with van der Waals surface area (Å²) in [4.78, 5) is 13.7. The molecular formula is C10H16N4O3S. The van der Waals surface area contributed by atoms with Crippen LogP contribution in [0.15, 0.2) is 6.20 Å². The minimum Gasteiger partial charge on any atom is -0.396 e. The molecule has 0 aromatic carbocycles. The molecule has 2 rings (SSSR count). The molecule has 8 heteroatoms. The van der Waals surface area contributed by atoms with Gasteiger partial charge in [-0.2, -0.15) is 5.10 Å². The number of nitrogens with zero attached hydrogens (tertiary/aromatic N) is 3. The van der Waals surface area contributed by atoms with E-state index in [4.69, 9.17) is 5.73 Å². The Balaban J connectivity index is 2.17. The molecule has 1 fully saturated rings. The van der Waals surface area contributed by atoms with Gasteiger partial charge in [0.25, 0.3) is 5.91 Å². The molecule has 1 saturated heterocycles. The minimum atomic E-state index is -3.02. The monoisotopic (exact) mass is 272 g/mol. The van der Waals surface area contributed by atoms with Crippen molar-refractivity contribution in [1.82, 2.24) is 14.7 Å². The maximum atomic E-state index is 12.2. The molecule has 2 heterocycles. The third-order valence-electron chi connectivity index (χ3n) is 2.90. The number of carbonyl (C=O) groups is 1. The summed E-state index contributed by atoms with van der Waals surface area (Å²) < 4.78 is 24.4. The Morgan fingerprint density at radius 3 is 2.72 bits per heavy atom. The second kappa shape index (κ2) is 4.60. The number of aromatic nitrogens is 2. The maximum Gasteiger partial charge on any atom is 0.276 e. The van der Waals surface area contributed by atoms with Gasteiger partial charge in [0.15, 0.2) is 15.5 Å². The molecule has 0 bridgehead atoms. The molecule has 18 heavy (non-hydrogen) atoms. The predicted octanol–water partition coefficient (Wildman–Crippen LogP) is -0.737. The van der Waals surface area contributed by atoms with Gasteiger partial charge in [-0.25, -0.2) is 8.42 Å². The fourth-order valence-corrected chi connectivity index (χ4v) is 3.24. The second-order valence-corrected chi connectivity index (χ2v) is 6.71. The van der Waals surface area contributed by atoms with E-state index < -0.39 is 9.84 Å². The molecule has 0 unspecified atom stereocenters. The van der Waals surface area contributed by atoms with Crippen molar-refractivity contribution in [3.8, 4) is 0 Å². The number of hydrogen-bond donors (Lipinski definition) is 1. The number of sulfone groups is 1. The van der Waals surface area contributed by atoms with Gasteiger partial charge in [0.05, 0.1) is 17.2 Å². The molecule has 0 saturated carbocycles. The first kappa shape index (κ1) is 12.9. The van der Waals surface area contributed by atoms with Crippen molar-refractivity contribution in [3.05, 3.63) is 11.9 Å². The number of anilines is 1. The molecular weight excluding hydrogens is 256 g/mol. The maximum absolute atomic E-state index is 12.2. The van der Waals surface area contributed by atoms with Gasteiger partial charge < -0.3 is 10.6 Å². The van der Waals surface area contributed by atoms with E-state index in [-0.39, 0.29) is 29.7 Å². The highest BCUT2D eigenvalue weighted by Crippen LogP contribution is 2.14. The van der Waals surface area contributed by atoms with Gasteiger partial charge in [0.1, 0.15) is 0 Å². The van der Waals surface area contributed by atoms with Crippen LogP contribution in [-0.4, -0.2) is 53.6 Å². The molecule has 0 spiro atoms. The largest absolute Gasteiger partial charge is 0.396 e. The number of nitrogens with two attached hydrogens (primary N) is 1. The fraction of sp³-hybridized carbons (Fsp3) is 0.600. The van der Waals surface area contributed by atoms with Gasteiger partial charge in [-0.05, 0) is 6.42 Å². The lowest BCUT2D eigenvalue weighted by atomic mass is 10.3. The lowest BCUT2D eigenvalue weighted by molar-refractivity contribution is 0.0763. The molecule has 1 aliphatic heterocycles. The molecule has 100 valence electrons. The first-order chi connectivity index (χ1) is 8.39. The van der Waals surface area contributed by atoms with Crippen molar-refractivity contribution in [2.75, 3.05) is 30.3 Å². The Bertz CT molecular complexity index is 564. The highest BCUT2D eigenvalue weighted by Gasteiger charge is 2.25. The number of carbonyl (C=O) groups excluding carboxylic acids is 1. The Morgan fingerprint density at radius 2 is 2.11 bits per heavy atom. The topological polar surface area (TPSA) is 98.3 Å². The summed E-state index contributed by atoms with van der Waals surface area (Å²) in [6, 6.07) is 0. The van der Waals surface area contributed by atoms with Gasteiger partial charge in [-0.1, -0.05) is 0 Å². The van der Waals surface area contributed by atoms with Crippen molar-refractivity contribution in [3.63, 3.8) is 0 Å². The third-order valence-corrected chi connectivity index (χ3v) is 4.62. The molecule has 7 nitrogen and oxygen atoms in total. The SMILES string of the molecule is Cn1cc(N)c(C(=O)N2CCCS(=O)(=O)CC2)n1. The van der Waals surface area contributed by atoms with E-state index in [0.717, 1.165) is 0 Å². The summed E-state index contributed by atoms with van der Waals surface area (Å²) in [6.07, 6.45) is 2.02. The Hall–Kier alpha value is -1.57. The standard InChI is InChI=1S/C10H16N4O3S/c1-13-7-8(11)9(12-13)10(15)14-3-2-5-18(16,17)6-4-14/h7H,2-6,11H2,1H3. The molecule has 1 amide bonds. The summed E-state index contributed by atoms with van der Waals surface area (Å²) in [5.74, 6) is -0.162. The van der Waals surface area contributed by atoms with Crippen LogP contribution in [-0.2, 0) is 16.9 Å². The van der Waals surface area contributed by atoms with Gasteiger partial charge in [0.2, 0.25) is 0 Å². The number of hydrogen-bond acceptors (Lipinski definition) is 5. The van der Waals surface area contributed by atoms with Crippen LogP contribution in [0.1, 0.15) is 16.9 Å². The minimum absolute atomic E-state index is 0.00543. The van der Waals surface area contributed by atoms with Crippen LogP contribution in [0.4, 0.5) is 5.69 Å². The number of nitrogen functional groups attached to an aromatic ring is 1. The average Bonchev–Trinajstić information content (AvgIpc) is 2.50. The summed E-state index contributed by atoms with van der Waals surface area (Å²) in [5, 5.41) is 4.00. The van der Waals surface area contributed by atoms with E-state index in [1.54, 1.807) is 13.2 Å². The number of aryl methyl sites for hydroxylation is 1. The first-order valence-corrected chi connectivity index (χ1v) is 7.50. The van der Waals surface area contributed by atoms with Crippen LogP contribution in [0.2, 0.25) is 0 Å². The van der Waals surface area contributed by atoms with E-state index in [0.29, 0.717) is 18.7 Å². The molecule has 2 N–H and O–H groups in total. The summed E-state index contributed by atoms with van der Waals surface area (Å²) in [6.45, 7) is 0.630. The highest BCUT2D eigenvalue weighted by molar-refractivity contribution is 7.91. The predicted molar refractivity (Wildman–Crippen MR) is 66.8 cm³/mol. The molecule has 0 aliphatic carbocycles. The van der Waals surface area contributed by atoms with Crippen molar-refractivity contribution in [1.29, 1.82) is 0 Å². The average molecular weight is 272 g/mol. The highest BCUT2D eigenvalue weighted by atomic mass is 32.2. The first-order valence-electron chi connectivity index (χ1n) is 5.68. The molecule has 0 radical (unpaired) electrons. The Kier molecular flexibility index (Phi) is 3.29. The molecule has 1 aliphatic rings. The van der Waals surface area contributed by atoms with Crippen LogP contribution in [0.25, 0.3) is 0 Å². The zero-order chi connectivity index (χ0) is 13.3. The number of rotatable bonds is 1. The van der Waals surface area contributed by atoms with E-state index in [9.17, 15) is 13.2 Å². The van der Waals surface area contributed by atoms with Crippen LogP contribution in [0, 0.1) is 0 Å². The molecule has 1 aromatic rings. The fourth-order valence-electron chi connectivity index (χ4n) is 1.96. The van der Waals surface area contributed by atoms with Crippen molar-refractivity contribution in [2.45, 2.75) is 6.42 Å². The van der Waals surface area contributed by atoms with Crippen molar-refractivity contribution < 1.29 is 13.2 Å². The smallest absolute Gasteiger partial charge is 0.276 e. The lowest BCUT2D eigenvalue weighted by Crippen LogP contribution is -2.34. The van der Waals surface area contributed by atoms with Crippen LogP contribution >= 0.6 is 0 Å². The third kappa shape index (κ3) is 2.63. The summed E-state index contributed by atoms with van der Waals surface area (Å²) >= 11 is 0. The number of amides is 1. The van der Waals surface area contributed by atoms with Crippen molar-refractivity contribution >= 4 is 21.4 Å². The van der Waals surface area contributed by atoms with E-state index in [2.05, 4.69) is 5.10 Å². The van der Waals surface area contributed by atoms with Gasteiger partial charge in [0, 0.05) is 26.3 Å². The molecule has 1 aromatic heterocycles. The van der Waals surface area contributed by atoms with Gasteiger partial charge >= 0.3 is 0 Å². The quantitative estimate of drug-likeness (QED) is 0.726. The van der Waals surface area contributed by atoms with Crippen LogP contribution in [0.3, 0.4) is 0 Å². The Morgan fingerprint density at radius 1 is 1.39 bits per heavy atom. The van der Waals surface area contributed by atoms with E-state index in [1.807, 2.05) is 0 Å². The van der Waals surface area contributed by atoms with Crippen LogP contribution < -0.4 is 5.73 Å². The zero-order valence-corrected chi connectivity index (χ0v) is 11.0. The zero-order valence-electron chi connectivity index (χ0n) is 10.2. The Labute approximate surface area is 105 Å². The normalized spacial score (nSPS) is 19.5. The van der Waals surface area contributed by atoms with Crippen molar-refractivity contribution in [2.24, 2.45) is 7.05 Å². The lowest BCUT2D eigenvalue weighted by Gasteiger charge is -2.18. The van der Waals surface area contributed by atoms with E-state index in [1.165, 1.54) is 9.58 Å². The summed E-state index contributed by atoms with van der Waals surface area (Å²) in [7, 11) is -1.34. The van der Waals surface area contributed by atoms with E-state index >= 15 is 0 Å². The molecule has 0 atom stereocenters. The van der Waals surface area contributed by atoms with Gasteiger partial charge in [-0.15, -0.1) is 0 Å². The summed E-state index contributed by atoms with van der Waals surface area (Å²) in [5.41, 5.74) is 6.20. The second-order valence-electron chi connectivity index (χ2n) is 4.40.